The van der Waals surface area contributed by atoms with Crippen LogP contribution in [0, 0.1) is 6.92 Å². The Labute approximate surface area is 108 Å². The molecule has 1 aromatic carbocycles. The molecule has 0 radical (unpaired) electrons. The lowest BCUT2D eigenvalue weighted by atomic mass is 10.0. The highest BCUT2D eigenvalue weighted by Gasteiger charge is 2.17. The Hall–Kier alpha value is -1.59. The molecule has 0 fully saturated rings. The summed E-state index contributed by atoms with van der Waals surface area (Å²) in [4.78, 5) is 11.8. The topological polar surface area (TPSA) is 67.6 Å². The number of nitrogens with two attached hydrogens (primary N) is 1. The molecule has 5 heteroatoms. The Morgan fingerprint density at radius 1 is 1.50 bits per heavy atom. The van der Waals surface area contributed by atoms with E-state index in [4.69, 9.17) is 10.5 Å². The van der Waals surface area contributed by atoms with Crippen LogP contribution in [0.5, 0.6) is 5.75 Å². The van der Waals surface area contributed by atoms with Gasteiger partial charge in [0.15, 0.2) is 0 Å². The van der Waals surface area contributed by atoms with E-state index in [1.807, 2.05) is 32.0 Å². The van der Waals surface area contributed by atoms with Crippen molar-refractivity contribution < 1.29 is 9.53 Å². The van der Waals surface area contributed by atoms with Gasteiger partial charge in [0.25, 0.3) is 5.91 Å². The first kappa shape index (κ1) is 14.5. The summed E-state index contributed by atoms with van der Waals surface area (Å²) < 4.78 is 5.45. The smallest absolute Gasteiger partial charge is 0.255 e. The number of nitrogens with zero attached hydrogens (tertiary/aromatic N) is 1. The molecular weight excluding hydrogens is 230 g/mol. The fourth-order valence-electron chi connectivity index (χ4n) is 1.62. The molecule has 3 N–H and O–H groups in total. The number of benzene rings is 1. The SMILES string of the molecule is CCOc1ccc(C(N)C(=O)NN(C)C)cc1C. The van der Waals surface area contributed by atoms with Gasteiger partial charge in [-0.15, -0.1) is 0 Å². The van der Waals surface area contributed by atoms with E-state index in [1.54, 1.807) is 19.1 Å². The molecule has 0 saturated heterocycles. The summed E-state index contributed by atoms with van der Waals surface area (Å²) in [5, 5.41) is 1.57. The van der Waals surface area contributed by atoms with Crippen LogP contribution in [0.25, 0.3) is 0 Å². The minimum absolute atomic E-state index is 0.233. The van der Waals surface area contributed by atoms with Gasteiger partial charge in [-0.05, 0) is 31.0 Å². The van der Waals surface area contributed by atoms with Crippen LogP contribution in [0.2, 0.25) is 0 Å². The lowest BCUT2D eigenvalue weighted by Gasteiger charge is -2.17. The van der Waals surface area contributed by atoms with Crippen molar-refractivity contribution in [2.45, 2.75) is 19.9 Å². The van der Waals surface area contributed by atoms with Gasteiger partial charge in [0, 0.05) is 14.1 Å². The Bertz CT molecular complexity index is 419. The van der Waals surface area contributed by atoms with E-state index in [1.165, 1.54) is 0 Å². The average Bonchev–Trinajstić information content (AvgIpc) is 2.30. The maximum atomic E-state index is 11.8. The molecule has 0 aliphatic carbocycles. The summed E-state index contributed by atoms with van der Waals surface area (Å²) in [6.45, 7) is 4.49. The van der Waals surface area contributed by atoms with Gasteiger partial charge in [0.1, 0.15) is 11.8 Å². The Kier molecular flexibility index (Phi) is 5.12. The van der Waals surface area contributed by atoms with Crippen LogP contribution < -0.4 is 15.9 Å². The molecule has 0 spiro atoms. The second-order valence-corrected chi connectivity index (χ2v) is 4.31. The first-order valence-electron chi connectivity index (χ1n) is 5.92. The molecule has 0 aromatic heterocycles. The quantitative estimate of drug-likeness (QED) is 0.766. The van der Waals surface area contributed by atoms with Gasteiger partial charge in [0.2, 0.25) is 0 Å². The number of aryl methyl sites for hydroxylation is 1. The lowest BCUT2D eigenvalue weighted by Crippen LogP contribution is -2.42. The molecule has 0 heterocycles. The molecule has 0 aliphatic heterocycles. The van der Waals surface area contributed by atoms with E-state index in [9.17, 15) is 4.79 Å². The summed E-state index contributed by atoms with van der Waals surface area (Å²) in [7, 11) is 3.49. The molecule has 1 aromatic rings. The van der Waals surface area contributed by atoms with E-state index >= 15 is 0 Å². The van der Waals surface area contributed by atoms with Crippen LogP contribution in [0.4, 0.5) is 0 Å². The normalized spacial score (nSPS) is 12.3. The van der Waals surface area contributed by atoms with E-state index in [2.05, 4.69) is 5.43 Å². The number of hydrogen-bond acceptors (Lipinski definition) is 4. The second kappa shape index (κ2) is 6.37. The third-order valence-electron chi connectivity index (χ3n) is 2.47. The molecule has 5 nitrogen and oxygen atoms in total. The zero-order valence-electron chi connectivity index (χ0n) is 11.4. The van der Waals surface area contributed by atoms with Crippen LogP contribution >= 0.6 is 0 Å². The van der Waals surface area contributed by atoms with Crippen molar-refractivity contribution in [3.8, 4) is 5.75 Å². The number of carbonyl (C=O) groups excluding carboxylic acids is 1. The number of nitrogens with one attached hydrogen (secondary N) is 1. The van der Waals surface area contributed by atoms with Crippen molar-refractivity contribution in [1.29, 1.82) is 0 Å². The Balaban J connectivity index is 2.83. The summed E-state index contributed by atoms with van der Waals surface area (Å²) >= 11 is 0. The minimum atomic E-state index is -0.679. The number of amides is 1. The first-order chi connectivity index (χ1) is 8.45. The largest absolute Gasteiger partial charge is 0.494 e. The zero-order valence-corrected chi connectivity index (χ0v) is 11.4. The van der Waals surface area contributed by atoms with Gasteiger partial charge in [-0.2, -0.15) is 0 Å². The molecule has 1 atom stereocenters. The minimum Gasteiger partial charge on any atom is -0.494 e. The van der Waals surface area contributed by atoms with Crippen LogP contribution in [0.3, 0.4) is 0 Å². The van der Waals surface area contributed by atoms with Crippen molar-refractivity contribution in [3.05, 3.63) is 29.3 Å². The lowest BCUT2D eigenvalue weighted by molar-refractivity contribution is -0.126. The average molecular weight is 251 g/mol. The molecule has 0 saturated carbocycles. The summed E-state index contributed by atoms with van der Waals surface area (Å²) in [5.41, 5.74) is 10.3. The maximum absolute atomic E-state index is 11.8. The van der Waals surface area contributed by atoms with Crippen molar-refractivity contribution >= 4 is 5.91 Å². The molecule has 100 valence electrons. The number of hydrogen-bond donors (Lipinski definition) is 2. The standard InChI is InChI=1S/C13H21N3O2/c1-5-18-11-7-6-10(8-9(11)2)12(14)13(17)15-16(3)4/h6-8,12H,5,14H2,1-4H3,(H,15,17). The fourth-order valence-corrected chi connectivity index (χ4v) is 1.62. The van der Waals surface area contributed by atoms with E-state index in [0.717, 1.165) is 16.9 Å². The van der Waals surface area contributed by atoms with Crippen LogP contribution in [-0.2, 0) is 4.79 Å². The number of ether oxygens (including phenoxy) is 1. The Morgan fingerprint density at radius 3 is 2.67 bits per heavy atom. The number of carbonyl (C=O) groups is 1. The molecule has 1 rings (SSSR count). The van der Waals surface area contributed by atoms with Crippen molar-refractivity contribution in [2.75, 3.05) is 20.7 Å². The highest BCUT2D eigenvalue weighted by atomic mass is 16.5. The molecule has 1 unspecified atom stereocenters. The number of hydrazine groups is 1. The fraction of sp³-hybridized carbons (Fsp3) is 0.462. The van der Waals surface area contributed by atoms with Crippen LogP contribution in [-0.4, -0.2) is 31.6 Å². The van der Waals surface area contributed by atoms with Gasteiger partial charge in [-0.1, -0.05) is 12.1 Å². The third kappa shape index (κ3) is 3.72. The highest BCUT2D eigenvalue weighted by molar-refractivity contribution is 5.82. The summed E-state index contributed by atoms with van der Waals surface area (Å²) in [6.07, 6.45) is 0. The van der Waals surface area contributed by atoms with Crippen molar-refractivity contribution in [3.63, 3.8) is 0 Å². The monoisotopic (exact) mass is 251 g/mol. The first-order valence-corrected chi connectivity index (χ1v) is 5.92. The molecule has 18 heavy (non-hydrogen) atoms. The molecule has 0 bridgehead atoms. The van der Waals surface area contributed by atoms with E-state index in [-0.39, 0.29) is 5.91 Å². The van der Waals surface area contributed by atoms with Gasteiger partial charge in [-0.3, -0.25) is 10.2 Å². The van der Waals surface area contributed by atoms with Gasteiger partial charge in [-0.25, -0.2) is 5.01 Å². The van der Waals surface area contributed by atoms with Gasteiger partial charge >= 0.3 is 0 Å². The van der Waals surface area contributed by atoms with Crippen molar-refractivity contribution in [1.82, 2.24) is 10.4 Å². The predicted molar refractivity (Wildman–Crippen MR) is 71.1 cm³/mol. The van der Waals surface area contributed by atoms with E-state index in [0.29, 0.717) is 6.61 Å². The van der Waals surface area contributed by atoms with Gasteiger partial charge in [0.05, 0.1) is 6.61 Å². The maximum Gasteiger partial charge on any atom is 0.255 e. The third-order valence-corrected chi connectivity index (χ3v) is 2.47. The van der Waals surface area contributed by atoms with E-state index < -0.39 is 6.04 Å². The predicted octanol–water partition coefficient (Wildman–Crippen LogP) is 0.986. The Morgan fingerprint density at radius 2 is 2.17 bits per heavy atom. The summed E-state index contributed by atoms with van der Waals surface area (Å²) in [6, 6.07) is 4.86. The van der Waals surface area contributed by atoms with Crippen LogP contribution in [0.15, 0.2) is 18.2 Å². The van der Waals surface area contributed by atoms with Crippen molar-refractivity contribution in [2.24, 2.45) is 5.73 Å². The van der Waals surface area contributed by atoms with Gasteiger partial charge < -0.3 is 10.5 Å². The molecule has 1 amide bonds. The van der Waals surface area contributed by atoms with Crippen LogP contribution in [0.1, 0.15) is 24.1 Å². The molecular formula is C13H21N3O2. The zero-order chi connectivity index (χ0) is 13.7. The summed E-state index contributed by atoms with van der Waals surface area (Å²) in [5.74, 6) is 0.588. The highest BCUT2D eigenvalue weighted by Crippen LogP contribution is 2.22. The number of rotatable bonds is 5. The molecule has 0 aliphatic rings. The second-order valence-electron chi connectivity index (χ2n) is 4.31.